The Morgan fingerprint density at radius 1 is 0.793 bits per heavy atom. The van der Waals surface area contributed by atoms with Gasteiger partial charge in [-0.15, -0.1) is 0 Å². The molecule has 0 aromatic heterocycles. The van der Waals surface area contributed by atoms with Crippen molar-refractivity contribution in [2.45, 2.75) is 18.2 Å². The molecule has 0 spiro atoms. The Morgan fingerprint density at radius 3 is 2.21 bits per heavy atom. The summed E-state index contributed by atoms with van der Waals surface area (Å²) in [5.74, 6) is 1.44. The second-order valence-electron chi connectivity index (χ2n) is 7.26. The van der Waals surface area contributed by atoms with Crippen molar-refractivity contribution >= 4 is 17.3 Å². The van der Waals surface area contributed by atoms with Gasteiger partial charge < -0.3 is 9.47 Å². The van der Waals surface area contributed by atoms with Gasteiger partial charge in [-0.05, 0) is 41.0 Å². The minimum Gasteiger partial charge on any atom is -0.493 e. The van der Waals surface area contributed by atoms with Crippen LogP contribution in [0, 0.1) is 0 Å². The van der Waals surface area contributed by atoms with E-state index in [1.165, 1.54) is 5.56 Å². The highest BCUT2D eigenvalue weighted by atomic mass is 35.5. The molecule has 5 heteroatoms. The molecule has 2 aliphatic rings. The standard InChI is InChI=1S/C24H21ClN2O2/c1-28-19-13-10-17(14-20(19)29-2)24-26-21(15-8-11-18(25)12-9-15)23-22(27(23)24)16-6-4-3-5-7-16/h3-14,22-24H,1-2H3/t22-,23+,24+,27?/m1/s1. The van der Waals surface area contributed by atoms with E-state index < -0.39 is 0 Å². The lowest BCUT2D eigenvalue weighted by atomic mass is 10.0. The Kier molecular flexibility index (Phi) is 4.53. The van der Waals surface area contributed by atoms with Gasteiger partial charge in [0.15, 0.2) is 11.5 Å². The third kappa shape index (κ3) is 3.09. The Balaban J connectivity index is 1.57. The Bertz CT molecular complexity index is 1070. The zero-order valence-corrected chi connectivity index (χ0v) is 17.0. The molecule has 5 rings (SSSR count). The molecule has 3 aromatic rings. The lowest BCUT2D eigenvalue weighted by molar-refractivity contribution is 0.351. The largest absolute Gasteiger partial charge is 0.493 e. The summed E-state index contributed by atoms with van der Waals surface area (Å²) in [6.07, 6.45) is -0.0595. The third-order valence-electron chi connectivity index (χ3n) is 5.66. The van der Waals surface area contributed by atoms with Crippen molar-refractivity contribution in [2.24, 2.45) is 4.99 Å². The molecule has 3 aromatic carbocycles. The number of hydrogen-bond donors (Lipinski definition) is 0. The molecule has 0 saturated carbocycles. The lowest BCUT2D eigenvalue weighted by Gasteiger charge is -2.16. The summed E-state index contributed by atoms with van der Waals surface area (Å²) < 4.78 is 10.9. The number of benzene rings is 3. The smallest absolute Gasteiger partial charge is 0.161 e. The van der Waals surface area contributed by atoms with Crippen LogP contribution in [-0.4, -0.2) is 30.9 Å². The average Bonchev–Trinajstić information content (AvgIpc) is 3.38. The van der Waals surface area contributed by atoms with Gasteiger partial charge in [0.05, 0.1) is 32.0 Å². The van der Waals surface area contributed by atoms with Gasteiger partial charge in [-0.25, -0.2) is 0 Å². The summed E-state index contributed by atoms with van der Waals surface area (Å²) in [6, 6.07) is 25.2. The summed E-state index contributed by atoms with van der Waals surface area (Å²) in [4.78, 5) is 7.54. The van der Waals surface area contributed by atoms with E-state index >= 15 is 0 Å². The zero-order valence-electron chi connectivity index (χ0n) is 16.2. The molecule has 0 amide bonds. The maximum absolute atomic E-state index is 6.10. The van der Waals surface area contributed by atoms with Crippen molar-refractivity contribution in [2.75, 3.05) is 14.2 Å². The fraction of sp³-hybridized carbons (Fsp3) is 0.208. The number of halogens is 1. The monoisotopic (exact) mass is 404 g/mol. The number of ether oxygens (including phenoxy) is 2. The van der Waals surface area contributed by atoms with Crippen LogP contribution in [0.2, 0.25) is 5.02 Å². The maximum Gasteiger partial charge on any atom is 0.161 e. The Labute approximate surface area is 175 Å². The topological polar surface area (TPSA) is 33.8 Å². The predicted molar refractivity (Wildman–Crippen MR) is 115 cm³/mol. The van der Waals surface area contributed by atoms with Gasteiger partial charge >= 0.3 is 0 Å². The van der Waals surface area contributed by atoms with Crippen molar-refractivity contribution in [3.8, 4) is 11.5 Å². The second-order valence-corrected chi connectivity index (χ2v) is 7.69. The molecule has 4 atom stereocenters. The van der Waals surface area contributed by atoms with Crippen LogP contribution < -0.4 is 9.47 Å². The highest BCUT2D eigenvalue weighted by Crippen LogP contribution is 2.56. The molecule has 1 unspecified atom stereocenters. The van der Waals surface area contributed by atoms with Gasteiger partial charge in [0, 0.05) is 5.02 Å². The Hall–Kier alpha value is -2.82. The van der Waals surface area contributed by atoms with Gasteiger partial charge in [0.25, 0.3) is 0 Å². The van der Waals surface area contributed by atoms with Crippen molar-refractivity contribution in [3.05, 3.63) is 94.5 Å². The first kappa shape index (κ1) is 18.2. The molecule has 29 heavy (non-hydrogen) atoms. The molecule has 0 radical (unpaired) electrons. The molecule has 0 bridgehead atoms. The summed E-state index contributed by atoms with van der Waals surface area (Å²) >= 11 is 6.10. The third-order valence-corrected chi connectivity index (χ3v) is 5.91. The molecule has 0 N–H and O–H groups in total. The molecule has 0 aliphatic carbocycles. The number of aliphatic imine (C=N–C) groups is 1. The van der Waals surface area contributed by atoms with Crippen LogP contribution in [-0.2, 0) is 0 Å². The number of fused-ring (bicyclic) bond motifs is 1. The van der Waals surface area contributed by atoms with Crippen molar-refractivity contribution in [3.63, 3.8) is 0 Å². The predicted octanol–water partition coefficient (Wildman–Crippen LogP) is 5.28. The molecule has 2 heterocycles. The van der Waals surface area contributed by atoms with E-state index in [1.54, 1.807) is 14.2 Å². The fourth-order valence-corrected chi connectivity index (χ4v) is 4.37. The SMILES string of the molecule is COc1ccc([C@H]2N=C(c3ccc(Cl)cc3)[C@H]3[C@@H](c4ccccc4)N23)cc1OC. The van der Waals surface area contributed by atoms with Gasteiger partial charge in [0.1, 0.15) is 6.17 Å². The quantitative estimate of drug-likeness (QED) is 0.542. The van der Waals surface area contributed by atoms with E-state index in [1.807, 2.05) is 24.3 Å². The van der Waals surface area contributed by atoms with Crippen LogP contribution in [0.3, 0.4) is 0 Å². The van der Waals surface area contributed by atoms with E-state index in [0.717, 1.165) is 33.4 Å². The summed E-state index contributed by atoms with van der Waals surface area (Å²) in [5.41, 5.74) is 4.63. The number of rotatable bonds is 5. The fourth-order valence-electron chi connectivity index (χ4n) is 4.25. The summed E-state index contributed by atoms with van der Waals surface area (Å²) in [6.45, 7) is 0. The lowest BCUT2D eigenvalue weighted by Crippen LogP contribution is -2.08. The normalized spacial score (nSPS) is 24.6. The Morgan fingerprint density at radius 2 is 1.52 bits per heavy atom. The van der Waals surface area contributed by atoms with Crippen molar-refractivity contribution in [1.82, 2.24) is 4.90 Å². The molecular weight excluding hydrogens is 384 g/mol. The second kappa shape index (κ2) is 7.21. The highest BCUT2D eigenvalue weighted by molar-refractivity contribution is 6.30. The molecule has 2 aliphatic heterocycles. The highest BCUT2D eigenvalue weighted by Gasteiger charge is 2.59. The van der Waals surface area contributed by atoms with Crippen LogP contribution in [0.15, 0.2) is 77.8 Å². The van der Waals surface area contributed by atoms with Crippen LogP contribution in [0.25, 0.3) is 0 Å². The molecule has 1 fully saturated rings. The van der Waals surface area contributed by atoms with Gasteiger partial charge in [-0.2, -0.15) is 0 Å². The van der Waals surface area contributed by atoms with Crippen LogP contribution in [0.4, 0.5) is 0 Å². The average molecular weight is 405 g/mol. The van der Waals surface area contributed by atoms with Crippen LogP contribution >= 0.6 is 11.6 Å². The van der Waals surface area contributed by atoms with E-state index in [4.69, 9.17) is 26.1 Å². The van der Waals surface area contributed by atoms with E-state index in [-0.39, 0.29) is 12.2 Å². The zero-order chi connectivity index (χ0) is 20.0. The van der Waals surface area contributed by atoms with E-state index in [2.05, 4.69) is 53.4 Å². The first-order valence-electron chi connectivity index (χ1n) is 9.59. The van der Waals surface area contributed by atoms with E-state index in [0.29, 0.717) is 6.04 Å². The maximum atomic E-state index is 6.10. The van der Waals surface area contributed by atoms with Crippen LogP contribution in [0.5, 0.6) is 11.5 Å². The van der Waals surface area contributed by atoms with Crippen LogP contribution in [0.1, 0.15) is 28.9 Å². The number of methoxy groups -OCH3 is 2. The minimum atomic E-state index is -0.0595. The number of hydrogen-bond acceptors (Lipinski definition) is 4. The molecule has 4 nitrogen and oxygen atoms in total. The molecule has 1 saturated heterocycles. The van der Waals surface area contributed by atoms with Gasteiger partial charge in [0.2, 0.25) is 0 Å². The van der Waals surface area contributed by atoms with Gasteiger partial charge in [-0.3, -0.25) is 9.89 Å². The minimum absolute atomic E-state index is 0.0595. The first-order valence-corrected chi connectivity index (χ1v) is 9.97. The summed E-state index contributed by atoms with van der Waals surface area (Å²) in [5, 5.41) is 0.732. The van der Waals surface area contributed by atoms with Gasteiger partial charge in [-0.1, -0.05) is 60.1 Å². The van der Waals surface area contributed by atoms with Crippen molar-refractivity contribution in [1.29, 1.82) is 0 Å². The van der Waals surface area contributed by atoms with E-state index in [9.17, 15) is 0 Å². The molecular formula is C24H21ClN2O2. The summed E-state index contributed by atoms with van der Waals surface area (Å²) in [7, 11) is 3.31. The first-order chi connectivity index (χ1) is 14.2. The molecule has 146 valence electrons. The number of nitrogens with zero attached hydrogens (tertiary/aromatic N) is 2. The van der Waals surface area contributed by atoms with Crippen molar-refractivity contribution < 1.29 is 9.47 Å².